The minimum absolute atomic E-state index is 0.170. The Hall–Kier alpha value is -0.930. The predicted octanol–water partition coefficient (Wildman–Crippen LogP) is 1.91. The molecule has 0 saturated carbocycles. The van der Waals surface area contributed by atoms with E-state index in [1.54, 1.807) is 0 Å². The van der Waals surface area contributed by atoms with E-state index in [0.717, 1.165) is 31.7 Å². The van der Waals surface area contributed by atoms with Crippen molar-refractivity contribution < 1.29 is 4.74 Å². The van der Waals surface area contributed by atoms with E-state index >= 15 is 0 Å². The van der Waals surface area contributed by atoms with Gasteiger partial charge in [0.2, 0.25) is 0 Å². The van der Waals surface area contributed by atoms with Gasteiger partial charge in [-0.25, -0.2) is 0 Å². The SMILES string of the molecule is CCNC1CCOC(c2ccccn2)C1. The molecule has 1 N–H and O–H groups in total. The fourth-order valence-electron chi connectivity index (χ4n) is 2.04. The van der Waals surface area contributed by atoms with Crippen molar-refractivity contribution in [2.24, 2.45) is 0 Å². The van der Waals surface area contributed by atoms with Gasteiger partial charge in [0.05, 0.1) is 5.69 Å². The molecule has 1 aromatic rings. The van der Waals surface area contributed by atoms with Gasteiger partial charge in [0.25, 0.3) is 0 Å². The molecule has 2 unspecified atom stereocenters. The van der Waals surface area contributed by atoms with Gasteiger partial charge in [-0.2, -0.15) is 0 Å². The summed E-state index contributed by atoms with van der Waals surface area (Å²) in [5.74, 6) is 0. The Kier molecular flexibility index (Phi) is 3.69. The summed E-state index contributed by atoms with van der Waals surface area (Å²) in [6.07, 6.45) is 4.14. The Morgan fingerprint density at radius 1 is 1.53 bits per heavy atom. The first-order valence-corrected chi connectivity index (χ1v) is 5.66. The summed E-state index contributed by atoms with van der Waals surface area (Å²) >= 11 is 0. The standard InChI is InChI=1S/C12H18N2O/c1-2-13-10-6-8-15-12(9-10)11-5-3-4-7-14-11/h3-5,7,10,12-13H,2,6,8-9H2,1H3. The first kappa shape index (κ1) is 10.6. The molecule has 1 aliphatic rings. The molecule has 1 aliphatic heterocycles. The van der Waals surface area contributed by atoms with Gasteiger partial charge >= 0.3 is 0 Å². The molecule has 0 radical (unpaired) electrons. The highest BCUT2D eigenvalue weighted by atomic mass is 16.5. The Morgan fingerprint density at radius 3 is 3.20 bits per heavy atom. The second kappa shape index (κ2) is 5.24. The van der Waals surface area contributed by atoms with E-state index in [2.05, 4.69) is 17.2 Å². The topological polar surface area (TPSA) is 34.1 Å². The molecule has 2 atom stereocenters. The number of ether oxygens (including phenoxy) is 1. The second-order valence-corrected chi connectivity index (χ2v) is 3.89. The lowest BCUT2D eigenvalue weighted by Crippen LogP contribution is -2.36. The van der Waals surface area contributed by atoms with Crippen LogP contribution in [0.2, 0.25) is 0 Å². The largest absolute Gasteiger partial charge is 0.372 e. The third-order valence-corrected chi connectivity index (χ3v) is 2.79. The summed E-state index contributed by atoms with van der Waals surface area (Å²) in [5, 5.41) is 3.48. The van der Waals surface area contributed by atoms with Gasteiger partial charge in [-0.15, -0.1) is 0 Å². The molecule has 2 heterocycles. The van der Waals surface area contributed by atoms with Gasteiger partial charge in [0.1, 0.15) is 6.10 Å². The molecular formula is C12H18N2O. The molecular weight excluding hydrogens is 188 g/mol. The summed E-state index contributed by atoms with van der Waals surface area (Å²) in [7, 11) is 0. The molecule has 0 aromatic carbocycles. The van der Waals surface area contributed by atoms with Crippen molar-refractivity contribution in [1.29, 1.82) is 0 Å². The van der Waals surface area contributed by atoms with Crippen LogP contribution in [-0.4, -0.2) is 24.2 Å². The first-order valence-electron chi connectivity index (χ1n) is 5.66. The van der Waals surface area contributed by atoms with E-state index in [0.29, 0.717) is 6.04 Å². The van der Waals surface area contributed by atoms with E-state index in [1.165, 1.54) is 0 Å². The minimum Gasteiger partial charge on any atom is -0.372 e. The fourth-order valence-corrected chi connectivity index (χ4v) is 2.04. The fraction of sp³-hybridized carbons (Fsp3) is 0.583. The van der Waals surface area contributed by atoms with E-state index < -0.39 is 0 Å². The van der Waals surface area contributed by atoms with Crippen LogP contribution in [0, 0.1) is 0 Å². The van der Waals surface area contributed by atoms with Gasteiger partial charge in [-0.05, 0) is 31.5 Å². The molecule has 3 nitrogen and oxygen atoms in total. The van der Waals surface area contributed by atoms with Crippen molar-refractivity contribution in [3.63, 3.8) is 0 Å². The smallest absolute Gasteiger partial charge is 0.101 e. The van der Waals surface area contributed by atoms with Crippen LogP contribution in [0.4, 0.5) is 0 Å². The molecule has 0 bridgehead atoms. The Bertz CT molecular complexity index is 287. The van der Waals surface area contributed by atoms with E-state index in [9.17, 15) is 0 Å². The summed E-state index contributed by atoms with van der Waals surface area (Å²) in [5.41, 5.74) is 1.06. The predicted molar refractivity (Wildman–Crippen MR) is 59.6 cm³/mol. The lowest BCUT2D eigenvalue weighted by Gasteiger charge is -2.29. The number of nitrogens with one attached hydrogen (secondary N) is 1. The highest BCUT2D eigenvalue weighted by molar-refractivity contribution is 5.08. The first-order chi connectivity index (χ1) is 7.40. The lowest BCUT2D eigenvalue weighted by atomic mass is 10.0. The zero-order valence-electron chi connectivity index (χ0n) is 9.15. The van der Waals surface area contributed by atoms with Gasteiger partial charge in [0, 0.05) is 18.8 Å². The van der Waals surface area contributed by atoms with Crippen LogP contribution >= 0.6 is 0 Å². The number of rotatable bonds is 3. The number of hydrogen-bond acceptors (Lipinski definition) is 3. The van der Waals surface area contributed by atoms with Crippen LogP contribution in [-0.2, 0) is 4.74 Å². The van der Waals surface area contributed by atoms with E-state index in [1.807, 2.05) is 24.4 Å². The normalized spacial score (nSPS) is 26.5. The molecule has 0 amide bonds. The summed E-state index contributed by atoms with van der Waals surface area (Å²) < 4.78 is 5.74. The minimum atomic E-state index is 0.170. The Balaban J connectivity index is 1.98. The maximum atomic E-state index is 5.74. The average Bonchev–Trinajstić information content (AvgIpc) is 2.31. The van der Waals surface area contributed by atoms with Crippen LogP contribution in [0.25, 0.3) is 0 Å². The van der Waals surface area contributed by atoms with Crippen LogP contribution in [0.1, 0.15) is 31.6 Å². The number of hydrogen-bond donors (Lipinski definition) is 1. The van der Waals surface area contributed by atoms with Crippen molar-refractivity contribution in [1.82, 2.24) is 10.3 Å². The van der Waals surface area contributed by atoms with Crippen LogP contribution < -0.4 is 5.32 Å². The van der Waals surface area contributed by atoms with E-state index in [4.69, 9.17) is 4.74 Å². The maximum Gasteiger partial charge on any atom is 0.101 e. The monoisotopic (exact) mass is 206 g/mol. The van der Waals surface area contributed by atoms with Crippen LogP contribution in [0.15, 0.2) is 24.4 Å². The molecule has 0 spiro atoms. The van der Waals surface area contributed by atoms with Crippen molar-refractivity contribution in [2.75, 3.05) is 13.2 Å². The van der Waals surface area contributed by atoms with Crippen molar-refractivity contribution in [3.8, 4) is 0 Å². The molecule has 2 rings (SSSR count). The van der Waals surface area contributed by atoms with Crippen molar-refractivity contribution in [3.05, 3.63) is 30.1 Å². The van der Waals surface area contributed by atoms with Gasteiger partial charge in [-0.1, -0.05) is 13.0 Å². The Labute approximate surface area is 90.9 Å². The third kappa shape index (κ3) is 2.76. The molecule has 1 aromatic heterocycles. The summed E-state index contributed by atoms with van der Waals surface area (Å²) in [6, 6.07) is 6.58. The highest BCUT2D eigenvalue weighted by Gasteiger charge is 2.23. The molecule has 1 fully saturated rings. The third-order valence-electron chi connectivity index (χ3n) is 2.79. The van der Waals surface area contributed by atoms with Gasteiger partial charge in [0.15, 0.2) is 0 Å². The summed E-state index contributed by atoms with van der Waals surface area (Å²) in [6.45, 7) is 4.00. The zero-order valence-corrected chi connectivity index (χ0v) is 9.15. The van der Waals surface area contributed by atoms with Crippen molar-refractivity contribution in [2.45, 2.75) is 31.9 Å². The molecule has 82 valence electrons. The van der Waals surface area contributed by atoms with Crippen LogP contribution in [0.3, 0.4) is 0 Å². The zero-order chi connectivity index (χ0) is 10.5. The molecule has 15 heavy (non-hydrogen) atoms. The van der Waals surface area contributed by atoms with Gasteiger partial charge < -0.3 is 10.1 Å². The maximum absolute atomic E-state index is 5.74. The van der Waals surface area contributed by atoms with E-state index in [-0.39, 0.29) is 6.10 Å². The lowest BCUT2D eigenvalue weighted by molar-refractivity contribution is -0.00187. The quantitative estimate of drug-likeness (QED) is 0.820. The second-order valence-electron chi connectivity index (χ2n) is 3.89. The number of pyridine rings is 1. The Morgan fingerprint density at radius 2 is 2.47 bits per heavy atom. The molecule has 1 saturated heterocycles. The average molecular weight is 206 g/mol. The van der Waals surface area contributed by atoms with Crippen LogP contribution in [0.5, 0.6) is 0 Å². The number of aromatic nitrogens is 1. The van der Waals surface area contributed by atoms with Gasteiger partial charge in [-0.3, -0.25) is 4.98 Å². The highest BCUT2D eigenvalue weighted by Crippen LogP contribution is 2.26. The number of nitrogens with zero attached hydrogens (tertiary/aromatic N) is 1. The summed E-state index contributed by atoms with van der Waals surface area (Å²) in [4.78, 5) is 4.34. The molecule has 0 aliphatic carbocycles. The molecule has 3 heteroatoms. The van der Waals surface area contributed by atoms with Crippen molar-refractivity contribution >= 4 is 0 Å².